The van der Waals surface area contributed by atoms with Crippen LogP contribution in [0.1, 0.15) is 44.5 Å². The summed E-state index contributed by atoms with van der Waals surface area (Å²) in [6, 6.07) is 4.36. The maximum atomic E-state index is 12.1. The first-order chi connectivity index (χ1) is 9.80. The van der Waals surface area contributed by atoms with Gasteiger partial charge in [-0.05, 0) is 30.9 Å². The van der Waals surface area contributed by atoms with Crippen molar-refractivity contribution in [3.8, 4) is 0 Å². The molecule has 0 aliphatic rings. The van der Waals surface area contributed by atoms with Gasteiger partial charge < -0.3 is 10.6 Å². The topological polar surface area (TPSA) is 84.3 Å². The molecule has 0 saturated heterocycles. The summed E-state index contributed by atoms with van der Waals surface area (Å²) in [5, 5.41) is 16.7. The SMILES string of the molecule is CCNc1cc(C(=O)NCC(C)(C)CC)ccc1[N+](=O)[O-]. The fraction of sp³-hybridized carbons (Fsp3) is 0.533. The van der Waals surface area contributed by atoms with E-state index in [0.717, 1.165) is 6.42 Å². The molecule has 0 heterocycles. The standard InChI is InChI=1S/C15H23N3O3/c1-5-15(3,4)10-17-14(19)11-7-8-13(18(20)21)12(9-11)16-6-2/h7-9,16H,5-6,10H2,1-4H3,(H,17,19). The molecule has 0 fully saturated rings. The Hall–Kier alpha value is -2.11. The van der Waals surface area contributed by atoms with Crippen LogP contribution in [-0.4, -0.2) is 23.9 Å². The summed E-state index contributed by atoms with van der Waals surface area (Å²) in [5.74, 6) is -0.217. The highest BCUT2D eigenvalue weighted by Gasteiger charge is 2.19. The molecule has 0 spiro atoms. The number of nitrogens with zero attached hydrogens (tertiary/aromatic N) is 1. The van der Waals surface area contributed by atoms with E-state index in [4.69, 9.17) is 0 Å². The largest absolute Gasteiger partial charge is 0.380 e. The molecule has 0 saturated carbocycles. The van der Waals surface area contributed by atoms with Crippen LogP contribution in [0.25, 0.3) is 0 Å². The number of benzene rings is 1. The Morgan fingerprint density at radius 3 is 2.52 bits per heavy atom. The number of nitro groups is 1. The highest BCUT2D eigenvalue weighted by atomic mass is 16.6. The van der Waals surface area contributed by atoms with Crippen molar-refractivity contribution in [2.24, 2.45) is 5.41 Å². The van der Waals surface area contributed by atoms with E-state index in [0.29, 0.717) is 24.3 Å². The van der Waals surface area contributed by atoms with Gasteiger partial charge in [-0.2, -0.15) is 0 Å². The maximum absolute atomic E-state index is 12.1. The molecule has 0 radical (unpaired) electrons. The second-order valence-electron chi connectivity index (χ2n) is 5.72. The van der Waals surface area contributed by atoms with Gasteiger partial charge in [0.1, 0.15) is 5.69 Å². The predicted octanol–water partition coefficient (Wildman–Crippen LogP) is 3.19. The molecule has 1 rings (SSSR count). The average Bonchev–Trinajstić information content (AvgIpc) is 2.45. The van der Waals surface area contributed by atoms with Gasteiger partial charge in [0.05, 0.1) is 4.92 Å². The zero-order chi connectivity index (χ0) is 16.0. The number of rotatable bonds is 7. The molecule has 2 N–H and O–H groups in total. The van der Waals surface area contributed by atoms with E-state index in [1.54, 1.807) is 0 Å². The second kappa shape index (κ2) is 7.06. The minimum Gasteiger partial charge on any atom is -0.380 e. The number of nitrogens with one attached hydrogen (secondary N) is 2. The van der Waals surface area contributed by atoms with Crippen LogP contribution < -0.4 is 10.6 Å². The van der Waals surface area contributed by atoms with Crippen LogP contribution in [0.3, 0.4) is 0 Å². The minimum absolute atomic E-state index is 0.0257. The monoisotopic (exact) mass is 293 g/mol. The predicted molar refractivity (Wildman–Crippen MR) is 83.7 cm³/mol. The summed E-state index contributed by atoms with van der Waals surface area (Å²) < 4.78 is 0. The van der Waals surface area contributed by atoms with Crippen molar-refractivity contribution >= 4 is 17.3 Å². The molecule has 1 amide bonds. The Bertz CT molecular complexity index is 527. The van der Waals surface area contributed by atoms with E-state index in [-0.39, 0.29) is 17.0 Å². The quantitative estimate of drug-likeness (QED) is 0.597. The number of hydrogen-bond acceptors (Lipinski definition) is 4. The van der Waals surface area contributed by atoms with Crippen molar-refractivity contribution in [1.29, 1.82) is 0 Å². The molecule has 0 bridgehead atoms. The normalized spacial score (nSPS) is 11.0. The first kappa shape index (κ1) is 16.9. The fourth-order valence-electron chi connectivity index (χ4n) is 1.72. The molecule has 1 aromatic carbocycles. The zero-order valence-corrected chi connectivity index (χ0v) is 13.0. The number of carbonyl (C=O) groups is 1. The van der Waals surface area contributed by atoms with E-state index in [1.165, 1.54) is 18.2 Å². The molecule has 6 heteroatoms. The molecule has 0 aromatic heterocycles. The third-order valence-corrected chi connectivity index (χ3v) is 3.51. The third-order valence-electron chi connectivity index (χ3n) is 3.51. The van der Waals surface area contributed by atoms with E-state index in [2.05, 4.69) is 31.4 Å². The summed E-state index contributed by atoms with van der Waals surface area (Å²) in [4.78, 5) is 22.6. The minimum atomic E-state index is -0.458. The van der Waals surface area contributed by atoms with Gasteiger partial charge in [-0.15, -0.1) is 0 Å². The van der Waals surface area contributed by atoms with Gasteiger partial charge in [0.25, 0.3) is 11.6 Å². The highest BCUT2D eigenvalue weighted by molar-refractivity contribution is 5.95. The van der Waals surface area contributed by atoms with Crippen LogP contribution in [0.2, 0.25) is 0 Å². The van der Waals surface area contributed by atoms with Crippen LogP contribution in [0.4, 0.5) is 11.4 Å². The number of carbonyl (C=O) groups excluding carboxylic acids is 1. The van der Waals surface area contributed by atoms with Crippen molar-refractivity contribution in [2.75, 3.05) is 18.4 Å². The summed E-state index contributed by atoms with van der Waals surface area (Å²) in [6.07, 6.45) is 0.955. The molecule has 116 valence electrons. The zero-order valence-electron chi connectivity index (χ0n) is 13.0. The van der Waals surface area contributed by atoms with Crippen molar-refractivity contribution in [2.45, 2.75) is 34.1 Å². The molecule has 0 unspecified atom stereocenters. The second-order valence-corrected chi connectivity index (χ2v) is 5.72. The van der Waals surface area contributed by atoms with Gasteiger partial charge in [-0.3, -0.25) is 14.9 Å². The number of nitro benzene ring substituents is 1. The Morgan fingerprint density at radius 1 is 1.33 bits per heavy atom. The summed E-state index contributed by atoms with van der Waals surface area (Å²) in [7, 11) is 0. The molecule has 21 heavy (non-hydrogen) atoms. The van der Waals surface area contributed by atoms with Gasteiger partial charge in [0.15, 0.2) is 0 Å². The Kier molecular flexibility index (Phi) is 5.69. The summed E-state index contributed by atoms with van der Waals surface area (Å²) >= 11 is 0. The third kappa shape index (κ3) is 4.73. The smallest absolute Gasteiger partial charge is 0.292 e. The van der Waals surface area contributed by atoms with Gasteiger partial charge in [0, 0.05) is 24.7 Å². The number of hydrogen-bond donors (Lipinski definition) is 2. The first-order valence-corrected chi connectivity index (χ1v) is 7.11. The van der Waals surface area contributed by atoms with Gasteiger partial charge in [-0.25, -0.2) is 0 Å². The number of anilines is 1. The lowest BCUT2D eigenvalue weighted by Gasteiger charge is -2.22. The van der Waals surface area contributed by atoms with Crippen LogP contribution in [0, 0.1) is 15.5 Å². The van der Waals surface area contributed by atoms with Gasteiger partial charge in [0.2, 0.25) is 0 Å². The Balaban J connectivity index is 2.90. The molecular weight excluding hydrogens is 270 g/mol. The fourth-order valence-corrected chi connectivity index (χ4v) is 1.72. The van der Waals surface area contributed by atoms with Crippen LogP contribution in [0.5, 0.6) is 0 Å². The van der Waals surface area contributed by atoms with Crippen LogP contribution in [-0.2, 0) is 0 Å². The highest BCUT2D eigenvalue weighted by Crippen LogP contribution is 2.25. The lowest BCUT2D eigenvalue weighted by atomic mass is 9.90. The van der Waals surface area contributed by atoms with Crippen LogP contribution in [0.15, 0.2) is 18.2 Å². The Morgan fingerprint density at radius 2 is 2.00 bits per heavy atom. The van der Waals surface area contributed by atoms with E-state index >= 15 is 0 Å². The van der Waals surface area contributed by atoms with Crippen molar-refractivity contribution in [1.82, 2.24) is 5.32 Å². The average molecular weight is 293 g/mol. The van der Waals surface area contributed by atoms with Crippen molar-refractivity contribution in [3.63, 3.8) is 0 Å². The van der Waals surface area contributed by atoms with Gasteiger partial charge in [-0.1, -0.05) is 20.8 Å². The first-order valence-electron chi connectivity index (χ1n) is 7.11. The Labute approximate surface area is 125 Å². The lowest BCUT2D eigenvalue weighted by Crippen LogP contribution is -2.33. The molecule has 0 atom stereocenters. The van der Waals surface area contributed by atoms with Crippen LogP contribution >= 0.6 is 0 Å². The van der Waals surface area contributed by atoms with E-state index in [9.17, 15) is 14.9 Å². The molecule has 0 aliphatic carbocycles. The molecular formula is C15H23N3O3. The summed E-state index contributed by atoms with van der Waals surface area (Å²) in [6.45, 7) is 9.19. The van der Waals surface area contributed by atoms with Gasteiger partial charge >= 0.3 is 0 Å². The van der Waals surface area contributed by atoms with E-state index in [1.807, 2.05) is 6.92 Å². The number of amides is 1. The maximum Gasteiger partial charge on any atom is 0.292 e. The van der Waals surface area contributed by atoms with Crippen molar-refractivity contribution in [3.05, 3.63) is 33.9 Å². The van der Waals surface area contributed by atoms with Crippen molar-refractivity contribution < 1.29 is 9.72 Å². The lowest BCUT2D eigenvalue weighted by molar-refractivity contribution is -0.384. The van der Waals surface area contributed by atoms with E-state index < -0.39 is 4.92 Å². The molecule has 6 nitrogen and oxygen atoms in total. The molecule has 1 aromatic rings. The molecule has 0 aliphatic heterocycles. The summed E-state index contributed by atoms with van der Waals surface area (Å²) in [5.41, 5.74) is 0.789.